The van der Waals surface area contributed by atoms with Crippen LogP contribution in [0.15, 0.2) is 16.1 Å². The molecular formula is C11H14N4O3. The summed E-state index contributed by atoms with van der Waals surface area (Å²) < 4.78 is 6.13. The van der Waals surface area contributed by atoms with Crippen molar-refractivity contribution in [1.82, 2.24) is 9.78 Å². The highest BCUT2D eigenvalue weighted by Gasteiger charge is 2.25. The normalized spacial score (nSPS) is 13.9. The van der Waals surface area contributed by atoms with E-state index < -0.39 is 5.97 Å². The number of hydrazone groups is 1. The van der Waals surface area contributed by atoms with Crippen molar-refractivity contribution >= 4 is 17.4 Å². The average molecular weight is 250 g/mol. The molecule has 1 aromatic rings. The Hall–Kier alpha value is -2.18. The van der Waals surface area contributed by atoms with Crippen molar-refractivity contribution in [3.8, 4) is 0 Å². The van der Waals surface area contributed by atoms with Gasteiger partial charge in [0.25, 0.3) is 5.56 Å². The summed E-state index contributed by atoms with van der Waals surface area (Å²) in [4.78, 5) is 23.6. The van der Waals surface area contributed by atoms with Gasteiger partial charge in [-0.15, -0.1) is 0 Å². The molecule has 1 aromatic heterocycles. The van der Waals surface area contributed by atoms with Gasteiger partial charge in [0.15, 0.2) is 5.71 Å². The fraction of sp³-hybridized carbons (Fsp3) is 0.455. The number of rotatable bonds is 2. The van der Waals surface area contributed by atoms with Crippen molar-refractivity contribution in [3.05, 3.63) is 22.1 Å². The van der Waals surface area contributed by atoms with E-state index in [0.717, 1.165) is 0 Å². The second-order valence-electron chi connectivity index (χ2n) is 3.90. The molecule has 1 aliphatic heterocycles. The van der Waals surface area contributed by atoms with E-state index in [1.165, 1.54) is 9.69 Å². The van der Waals surface area contributed by atoms with Crippen LogP contribution in [0.5, 0.6) is 0 Å². The van der Waals surface area contributed by atoms with Crippen LogP contribution in [0.4, 0.5) is 5.69 Å². The molecule has 7 heteroatoms. The lowest BCUT2D eigenvalue weighted by atomic mass is 10.1. The van der Waals surface area contributed by atoms with E-state index in [1.54, 1.807) is 27.2 Å². The van der Waals surface area contributed by atoms with E-state index >= 15 is 0 Å². The number of aryl methyl sites for hydroxylation is 1. The van der Waals surface area contributed by atoms with E-state index in [-0.39, 0.29) is 24.3 Å². The lowest BCUT2D eigenvalue weighted by molar-refractivity contribution is -0.135. The van der Waals surface area contributed by atoms with Gasteiger partial charge in [0, 0.05) is 20.5 Å². The minimum absolute atomic E-state index is 0.174. The molecule has 0 aromatic carbocycles. The van der Waals surface area contributed by atoms with Gasteiger partial charge >= 0.3 is 5.97 Å². The molecule has 0 N–H and O–H groups in total. The van der Waals surface area contributed by atoms with Crippen LogP contribution in [-0.2, 0) is 23.0 Å². The summed E-state index contributed by atoms with van der Waals surface area (Å²) in [5.74, 6) is -0.492. The molecule has 0 saturated heterocycles. The third kappa shape index (κ3) is 1.99. The Kier molecular flexibility index (Phi) is 3.14. The first-order valence-electron chi connectivity index (χ1n) is 5.58. The molecule has 0 aliphatic carbocycles. The fourth-order valence-electron chi connectivity index (χ4n) is 1.79. The molecule has 2 rings (SSSR count). The highest BCUT2D eigenvalue weighted by molar-refractivity contribution is 6.37. The maximum absolute atomic E-state index is 12.0. The number of nitrogens with zero attached hydrogens (tertiary/aromatic N) is 4. The van der Waals surface area contributed by atoms with Crippen molar-refractivity contribution < 1.29 is 9.53 Å². The molecule has 18 heavy (non-hydrogen) atoms. The standard InChI is InChI=1S/C11H14N4O3/c1-4-18-11(17)8-5-7-9(14(2)13-8)6-12-15(3)10(7)16/h6H,4-5H2,1-3H3. The van der Waals surface area contributed by atoms with Gasteiger partial charge in [-0.2, -0.15) is 10.2 Å². The molecule has 0 bridgehead atoms. The number of ether oxygens (including phenoxy) is 1. The minimum Gasteiger partial charge on any atom is -0.461 e. The predicted molar refractivity (Wildman–Crippen MR) is 65.7 cm³/mol. The number of fused-ring (bicyclic) bond motifs is 1. The lowest BCUT2D eigenvalue weighted by Gasteiger charge is -2.22. The molecular weight excluding hydrogens is 236 g/mol. The van der Waals surface area contributed by atoms with E-state index in [9.17, 15) is 9.59 Å². The van der Waals surface area contributed by atoms with Crippen molar-refractivity contribution in [2.75, 3.05) is 18.7 Å². The zero-order valence-corrected chi connectivity index (χ0v) is 10.5. The van der Waals surface area contributed by atoms with Gasteiger partial charge in [0.2, 0.25) is 0 Å². The van der Waals surface area contributed by atoms with Crippen LogP contribution >= 0.6 is 0 Å². The Morgan fingerprint density at radius 3 is 2.89 bits per heavy atom. The molecule has 2 heterocycles. The van der Waals surface area contributed by atoms with Crippen molar-refractivity contribution in [2.45, 2.75) is 13.3 Å². The Morgan fingerprint density at radius 1 is 1.50 bits per heavy atom. The molecule has 0 saturated carbocycles. The number of aromatic nitrogens is 2. The number of carbonyl (C=O) groups excluding carboxylic acids is 1. The molecule has 0 radical (unpaired) electrons. The second kappa shape index (κ2) is 4.59. The summed E-state index contributed by atoms with van der Waals surface area (Å²) in [6.07, 6.45) is 1.73. The third-order valence-corrected chi connectivity index (χ3v) is 2.69. The quantitative estimate of drug-likeness (QED) is 0.673. The maximum atomic E-state index is 12.0. The van der Waals surface area contributed by atoms with Gasteiger partial charge < -0.3 is 4.74 Å². The molecule has 0 fully saturated rings. The maximum Gasteiger partial charge on any atom is 0.354 e. The van der Waals surface area contributed by atoms with Gasteiger partial charge in [-0.3, -0.25) is 9.80 Å². The molecule has 1 aliphatic rings. The van der Waals surface area contributed by atoms with Crippen LogP contribution in [0, 0.1) is 0 Å². The minimum atomic E-state index is -0.492. The number of hydrogen-bond acceptors (Lipinski definition) is 6. The Bertz CT molecular complexity index is 576. The van der Waals surface area contributed by atoms with E-state index in [4.69, 9.17) is 4.74 Å². The zero-order chi connectivity index (χ0) is 13.3. The summed E-state index contributed by atoms with van der Waals surface area (Å²) in [5.41, 5.74) is 1.13. The van der Waals surface area contributed by atoms with Crippen molar-refractivity contribution in [2.24, 2.45) is 12.1 Å². The molecule has 7 nitrogen and oxygen atoms in total. The first kappa shape index (κ1) is 12.3. The number of carbonyl (C=O) groups is 1. The van der Waals surface area contributed by atoms with Crippen LogP contribution in [-0.4, -0.2) is 35.1 Å². The van der Waals surface area contributed by atoms with Gasteiger partial charge in [0.05, 0.1) is 24.1 Å². The van der Waals surface area contributed by atoms with Crippen LogP contribution in [0.2, 0.25) is 0 Å². The van der Waals surface area contributed by atoms with Crippen LogP contribution in [0.1, 0.15) is 12.5 Å². The van der Waals surface area contributed by atoms with Crippen LogP contribution in [0.25, 0.3) is 0 Å². The van der Waals surface area contributed by atoms with Gasteiger partial charge in [-0.25, -0.2) is 9.48 Å². The smallest absolute Gasteiger partial charge is 0.354 e. The zero-order valence-electron chi connectivity index (χ0n) is 10.5. The van der Waals surface area contributed by atoms with Crippen molar-refractivity contribution in [3.63, 3.8) is 0 Å². The molecule has 0 atom stereocenters. The summed E-state index contributed by atoms with van der Waals surface area (Å²) in [6.45, 7) is 2.00. The Balaban J connectivity index is 2.42. The highest BCUT2D eigenvalue weighted by atomic mass is 16.5. The summed E-state index contributed by atoms with van der Waals surface area (Å²) in [5, 5.41) is 9.50. The SMILES string of the molecule is CCOC(=O)C1=NN(C)c2cnn(C)c(=O)c2C1. The average Bonchev–Trinajstić information content (AvgIpc) is 2.34. The van der Waals surface area contributed by atoms with Crippen LogP contribution in [0.3, 0.4) is 0 Å². The Labute approximate surface area is 104 Å². The fourth-order valence-corrected chi connectivity index (χ4v) is 1.79. The third-order valence-electron chi connectivity index (χ3n) is 2.69. The molecule has 0 unspecified atom stereocenters. The summed E-state index contributed by atoms with van der Waals surface area (Å²) in [6, 6.07) is 0. The highest BCUT2D eigenvalue weighted by Crippen LogP contribution is 2.20. The van der Waals surface area contributed by atoms with E-state index in [2.05, 4.69) is 10.2 Å². The van der Waals surface area contributed by atoms with Gasteiger partial charge in [-0.1, -0.05) is 0 Å². The number of anilines is 1. The monoisotopic (exact) mass is 250 g/mol. The molecule has 0 spiro atoms. The second-order valence-corrected chi connectivity index (χ2v) is 3.90. The number of esters is 1. The van der Waals surface area contributed by atoms with Gasteiger partial charge in [0.1, 0.15) is 0 Å². The van der Waals surface area contributed by atoms with E-state index in [1.807, 2.05) is 0 Å². The Morgan fingerprint density at radius 2 is 2.22 bits per heavy atom. The first-order chi connectivity index (χ1) is 8.54. The molecule has 0 amide bonds. The largest absolute Gasteiger partial charge is 0.461 e. The van der Waals surface area contributed by atoms with Crippen LogP contribution < -0.4 is 10.6 Å². The topological polar surface area (TPSA) is 76.8 Å². The van der Waals surface area contributed by atoms with Crippen molar-refractivity contribution in [1.29, 1.82) is 0 Å². The number of hydrogen-bond donors (Lipinski definition) is 0. The predicted octanol–water partition coefficient (Wildman–Crippen LogP) is -0.308. The summed E-state index contributed by atoms with van der Waals surface area (Å²) >= 11 is 0. The van der Waals surface area contributed by atoms with E-state index in [0.29, 0.717) is 11.3 Å². The summed E-state index contributed by atoms with van der Waals surface area (Å²) in [7, 11) is 3.23. The molecule has 96 valence electrons. The van der Waals surface area contributed by atoms with Gasteiger partial charge in [-0.05, 0) is 6.92 Å². The first-order valence-corrected chi connectivity index (χ1v) is 5.58. The lowest BCUT2D eigenvalue weighted by Crippen LogP contribution is -2.35.